The van der Waals surface area contributed by atoms with E-state index >= 15 is 0 Å². The summed E-state index contributed by atoms with van der Waals surface area (Å²) < 4.78 is 30.5. The van der Waals surface area contributed by atoms with E-state index in [4.69, 9.17) is 23.7 Å². The summed E-state index contributed by atoms with van der Waals surface area (Å²) in [7, 11) is 0. The van der Waals surface area contributed by atoms with Gasteiger partial charge in [-0.25, -0.2) is 4.79 Å². The Balaban J connectivity index is 1.66. The van der Waals surface area contributed by atoms with E-state index in [1.165, 1.54) is 26.8 Å². The van der Waals surface area contributed by atoms with Crippen molar-refractivity contribution >= 4 is 35.7 Å². The van der Waals surface area contributed by atoms with Gasteiger partial charge in [0, 0.05) is 50.5 Å². The van der Waals surface area contributed by atoms with Gasteiger partial charge >= 0.3 is 23.9 Å². The molecule has 3 fully saturated rings. The van der Waals surface area contributed by atoms with Crippen molar-refractivity contribution in [3.63, 3.8) is 0 Å². The fraction of sp³-hybridized carbons (Fsp3) is 0.571. The molecule has 1 aliphatic heterocycles. The molecule has 45 heavy (non-hydrogen) atoms. The highest BCUT2D eigenvalue weighted by Crippen LogP contribution is 2.65. The Morgan fingerprint density at radius 1 is 0.911 bits per heavy atom. The Morgan fingerprint density at radius 2 is 1.53 bits per heavy atom. The van der Waals surface area contributed by atoms with E-state index in [2.05, 4.69) is 0 Å². The van der Waals surface area contributed by atoms with Crippen LogP contribution in [0.5, 0.6) is 0 Å². The van der Waals surface area contributed by atoms with Gasteiger partial charge < -0.3 is 23.7 Å². The third-order valence-electron chi connectivity index (χ3n) is 10.3. The summed E-state index contributed by atoms with van der Waals surface area (Å²) in [6, 6.07) is 9.35. The molecule has 1 heterocycles. The van der Waals surface area contributed by atoms with Gasteiger partial charge in [-0.05, 0) is 48.0 Å². The minimum Gasteiger partial charge on any atom is -0.462 e. The van der Waals surface area contributed by atoms with E-state index in [-0.39, 0.29) is 18.8 Å². The zero-order valence-electron chi connectivity index (χ0n) is 26.9. The maximum absolute atomic E-state index is 13.6. The second-order valence-corrected chi connectivity index (χ2v) is 13.6. The second kappa shape index (κ2) is 11.9. The van der Waals surface area contributed by atoms with Crippen molar-refractivity contribution in [3.8, 4) is 0 Å². The summed E-state index contributed by atoms with van der Waals surface area (Å²) in [6.45, 7) is 11.5. The van der Waals surface area contributed by atoms with Gasteiger partial charge in [0.1, 0.15) is 23.9 Å². The van der Waals surface area contributed by atoms with Gasteiger partial charge in [0.2, 0.25) is 0 Å². The van der Waals surface area contributed by atoms with Crippen LogP contribution < -0.4 is 0 Å². The van der Waals surface area contributed by atoms with Gasteiger partial charge in [-0.3, -0.25) is 19.2 Å². The van der Waals surface area contributed by atoms with Crippen molar-refractivity contribution in [2.24, 2.45) is 22.7 Å². The third kappa shape index (κ3) is 5.85. The predicted octanol–water partition coefficient (Wildman–Crippen LogP) is 4.54. The zero-order valence-corrected chi connectivity index (χ0v) is 26.9. The minimum atomic E-state index is -1.10. The van der Waals surface area contributed by atoms with Crippen LogP contribution in [0.4, 0.5) is 0 Å². The Hall–Kier alpha value is -3.79. The molecule has 8 atom stereocenters. The SMILES string of the molecule is CC(=O)OC1C2=C(C)C(=O)CC(C(OC(C)=O)C3C(C)(CCC(OC(=O)C=Cc4ccccc4)C34CO4)C1OC(C)=O)C2(C)C. The van der Waals surface area contributed by atoms with Crippen LogP contribution in [0.2, 0.25) is 0 Å². The van der Waals surface area contributed by atoms with Crippen LogP contribution in [0, 0.1) is 22.7 Å². The molecule has 4 aliphatic rings. The van der Waals surface area contributed by atoms with Gasteiger partial charge in [-0.2, -0.15) is 0 Å². The predicted molar refractivity (Wildman–Crippen MR) is 161 cm³/mol. The Bertz CT molecular complexity index is 1450. The average molecular weight is 623 g/mol. The lowest BCUT2D eigenvalue weighted by Gasteiger charge is -2.60. The fourth-order valence-electron chi connectivity index (χ4n) is 8.38. The zero-order chi connectivity index (χ0) is 32.9. The molecular weight excluding hydrogens is 580 g/mol. The lowest BCUT2D eigenvalue weighted by molar-refractivity contribution is -0.226. The monoisotopic (exact) mass is 622 g/mol. The molecule has 1 saturated heterocycles. The van der Waals surface area contributed by atoms with Crippen molar-refractivity contribution in [3.05, 3.63) is 53.1 Å². The molecule has 0 radical (unpaired) electrons. The molecule has 0 aromatic heterocycles. The molecule has 3 aliphatic carbocycles. The van der Waals surface area contributed by atoms with Gasteiger partial charge in [0.05, 0.1) is 6.61 Å². The lowest BCUT2D eigenvalue weighted by Crippen LogP contribution is -2.68. The Labute approximate surface area is 263 Å². The average Bonchev–Trinajstić information content (AvgIpc) is 3.73. The van der Waals surface area contributed by atoms with E-state index in [0.29, 0.717) is 24.0 Å². The Morgan fingerprint density at radius 3 is 2.11 bits per heavy atom. The molecule has 242 valence electrons. The first-order valence-electron chi connectivity index (χ1n) is 15.5. The molecule has 1 spiro atoms. The summed E-state index contributed by atoms with van der Waals surface area (Å²) in [5.74, 6) is -3.70. The fourth-order valence-corrected chi connectivity index (χ4v) is 8.38. The number of carbonyl (C=O) groups excluding carboxylic acids is 5. The number of hydrogen-bond donors (Lipinski definition) is 0. The molecule has 1 aromatic carbocycles. The molecule has 8 unspecified atom stereocenters. The number of ether oxygens (including phenoxy) is 5. The minimum absolute atomic E-state index is 0.0816. The largest absolute Gasteiger partial charge is 0.462 e. The van der Waals surface area contributed by atoms with Crippen LogP contribution in [0.1, 0.15) is 73.3 Å². The second-order valence-electron chi connectivity index (χ2n) is 13.6. The number of hydrogen-bond acceptors (Lipinski definition) is 10. The lowest BCUT2D eigenvalue weighted by atomic mass is 9.48. The Kier molecular flexibility index (Phi) is 8.59. The van der Waals surface area contributed by atoms with E-state index < -0.39 is 76.6 Å². The van der Waals surface area contributed by atoms with Crippen LogP contribution in [0.15, 0.2) is 47.6 Å². The van der Waals surface area contributed by atoms with Crippen molar-refractivity contribution in [1.82, 2.24) is 0 Å². The molecular formula is C35H42O10. The molecule has 2 bridgehead atoms. The number of Topliss-reactive ketones (excluding diaryl/α,β-unsaturated/α-hetero) is 1. The van der Waals surface area contributed by atoms with Gasteiger partial charge in [0.25, 0.3) is 0 Å². The number of allylic oxidation sites excluding steroid dienone is 1. The number of esters is 4. The number of benzene rings is 1. The van der Waals surface area contributed by atoms with Crippen molar-refractivity contribution in [1.29, 1.82) is 0 Å². The van der Waals surface area contributed by atoms with Crippen LogP contribution in [-0.2, 0) is 47.7 Å². The summed E-state index contributed by atoms with van der Waals surface area (Å²) >= 11 is 0. The topological polar surface area (TPSA) is 135 Å². The summed E-state index contributed by atoms with van der Waals surface area (Å²) in [6.07, 6.45) is 0.0706. The van der Waals surface area contributed by atoms with Crippen LogP contribution >= 0.6 is 0 Å². The van der Waals surface area contributed by atoms with Crippen LogP contribution in [0.3, 0.4) is 0 Å². The van der Waals surface area contributed by atoms with Crippen LogP contribution in [0.25, 0.3) is 6.08 Å². The third-order valence-corrected chi connectivity index (χ3v) is 10.3. The van der Waals surface area contributed by atoms with Crippen molar-refractivity contribution < 1.29 is 47.7 Å². The van der Waals surface area contributed by atoms with Gasteiger partial charge in [0.15, 0.2) is 11.9 Å². The standard InChI is InChI=1S/C35H42O10/c1-19-25(39)17-24-29(42-20(2)36)31-34(7,32(44-22(4)38)30(43-21(3)37)28(19)33(24,5)6)16-15-26(35(31)18-41-35)45-27(40)14-13-23-11-9-8-10-12-23/h8-14,24,26,29-32H,15-18H2,1-7H3. The number of rotatable bonds is 6. The number of carbonyl (C=O) groups is 5. The summed E-state index contributed by atoms with van der Waals surface area (Å²) in [5.41, 5.74) is -1.11. The van der Waals surface area contributed by atoms with E-state index in [1.807, 2.05) is 51.1 Å². The summed E-state index contributed by atoms with van der Waals surface area (Å²) in [4.78, 5) is 64.9. The molecule has 0 amide bonds. The number of epoxide rings is 1. The first-order chi connectivity index (χ1) is 21.1. The highest BCUT2D eigenvalue weighted by atomic mass is 16.6. The first-order valence-corrected chi connectivity index (χ1v) is 15.5. The maximum Gasteiger partial charge on any atom is 0.331 e. The van der Waals surface area contributed by atoms with Crippen molar-refractivity contribution in [2.75, 3.05) is 6.61 Å². The summed E-state index contributed by atoms with van der Waals surface area (Å²) in [5, 5.41) is 0. The smallest absolute Gasteiger partial charge is 0.331 e. The van der Waals surface area contributed by atoms with Gasteiger partial charge in [-0.15, -0.1) is 0 Å². The molecule has 1 aromatic rings. The maximum atomic E-state index is 13.6. The molecule has 0 N–H and O–H groups in total. The first kappa shape index (κ1) is 32.6. The highest BCUT2D eigenvalue weighted by Gasteiger charge is 2.74. The van der Waals surface area contributed by atoms with Crippen LogP contribution in [-0.4, -0.2) is 66.3 Å². The van der Waals surface area contributed by atoms with E-state index in [1.54, 1.807) is 13.0 Å². The van der Waals surface area contributed by atoms with E-state index in [0.717, 1.165) is 5.56 Å². The number of fused-ring (bicyclic) bond motifs is 4. The molecule has 5 rings (SSSR count). The normalized spacial score (nSPS) is 35.1. The quantitative estimate of drug-likeness (QED) is 0.193. The van der Waals surface area contributed by atoms with Crippen molar-refractivity contribution in [2.45, 2.75) is 97.7 Å². The molecule has 10 heteroatoms. The highest BCUT2D eigenvalue weighted by molar-refractivity contribution is 5.97. The van der Waals surface area contributed by atoms with Gasteiger partial charge in [-0.1, -0.05) is 51.1 Å². The molecule has 2 saturated carbocycles. The van der Waals surface area contributed by atoms with E-state index in [9.17, 15) is 24.0 Å². The molecule has 10 nitrogen and oxygen atoms in total. The number of ketones is 1.